The number of halogens is 1. The van der Waals surface area contributed by atoms with E-state index in [1.54, 1.807) is 0 Å². The molecule has 1 saturated heterocycles. The smallest absolute Gasteiger partial charge is 0.191 e. The van der Waals surface area contributed by atoms with Crippen LogP contribution in [0, 0.1) is 5.92 Å². The van der Waals surface area contributed by atoms with Gasteiger partial charge in [-0.3, -0.25) is 9.89 Å². The molecule has 5 nitrogen and oxygen atoms in total. The lowest BCUT2D eigenvalue weighted by Gasteiger charge is -2.26. The number of morpholine rings is 1. The van der Waals surface area contributed by atoms with Crippen molar-refractivity contribution in [2.45, 2.75) is 52.7 Å². The van der Waals surface area contributed by atoms with Crippen LogP contribution in [0.5, 0.6) is 0 Å². The van der Waals surface area contributed by atoms with Crippen molar-refractivity contribution in [3.63, 3.8) is 0 Å². The predicted octanol–water partition coefficient (Wildman–Crippen LogP) is 3.63. The minimum absolute atomic E-state index is 0. The Morgan fingerprint density at radius 1 is 1.07 bits per heavy atom. The number of nitrogens with zero attached hydrogens (tertiary/aromatic N) is 2. The van der Waals surface area contributed by atoms with Gasteiger partial charge in [-0.25, -0.2) is 0 Å². The van der Waals surface area contributed by atoms with Gasteiger partial charge in [-0.1, -0.05) is 38.1 Å². The number of aliphatic imine (C=N–C) groups is 1. The fourth-order valence-corrected chi connectivity index (χ4v) is 3.05. The van der Waals surface area contributed by atoms with Crippen LogP contribution in [-0.2, 0) is 17.8 Å². The van der Waals surface area contributed by atoms with Crippen LogP contribution >= 0.6 is 24.0 Å². The number of hydrogen-bond acceptors (Lipinski definition) is 3. The van der Waals surface area contributed by atoms with Gasteiger partial charge in [0.15, 0.2) is 5.96 Å². The van der Waals surface area contributed by atoms with Gasteiger partial charge in [0.25, 0.3) is 0 Å². The Hall–Kier alpha value is -0.860. The molecule has 1 fully saturated rings. The Bertz CT molecular complexity index is 542. The van der Waals surface area contributed by atoms with Crippen molar-refractivity contribution in [2.24, 2.45) is 10.9 Å². The Morgan fingerprint density at radius 3 is 2.30 bits per heavy atom. The molecule has 1 heterocycles. The molecule has 1 aromatic rings. The lowest BCUT2D eigenvalue weighted by molar-refractivity contribution is 0.0342. The fraction of sp³-hybridized carbons (Fsp3) is 0.667. The first-order valence-corrected chi connectivity index (χ1v) is 9.92. The summed E-state index contributed by atoms with van der Waals surface area (Å²) in [6, 6.07) is 9.30. The highest BCUT2D eigenvalue weighted by atomic mass is 127. The molecule has 0 bridgehead atoms. The standard InChI is InChI=1S/C21H36N4O.HI/c1-17(2)5-6-18(3)24-21(22-4)23-15-19-7-9-20(10-8-19)16-25-11-13-26-14-12-25;/h7-10,17-18H,5-6,11-16H2,1-4H3,(H2,22,23,24);1H. The summed E-state index contributed by atoms with van der Waals surface area (Å²) in [5.41, 5.74) is 2.63. The molecule has 1 aliphatic rings. The monoisotopic (exact) mass is 488 g/mol. The molecule has 27 heavy (non-hydrogen) atoms. The van der Waals surface area contributed by atoms with Gasteiger partial charge in [-0.15, -0.1) is 24.0 Å². The average molecular weight is 488 g/mol. The molecule has 6 heteroatoms. The first-order valence-electron chi connectivity index (χ1n) is 9.92. The summed E-state index contributed by atoms with van der Waals surface area (Å²) in [7, 11) is 1.83. The Kier molecular flexibility index (Phi) is 11.9. The topological polar surface area (TPSA) is 48.9 Å². The molecule has 1 atom stereocenters. The maximum absolute atomic E-state index is 5.41. The highest BCUT2D eigenvalue weighted by Crippen LogP contribution is 2.09. The van der Waals surface area contributed by atoms with E-state index in [0.29, 0.717) is 6.04 Å². The van der Waals surface area contributed by atoms with Gasteiger partial charge in [0.05, 0.1) is 13.2 Å². The van der Waals surface area contributed by atoms with E-state index < -0.39 is 0 Å². The zero-order chi connectivity index (χ0) is 18.8. The summed E-state index contributed by atoms with van der Waals surface area (Å²) >= 11 is 0. The van der Waals surface area contributed by atoms with Crippen LogP contribution in [0.25, 0.3) is 0 Å². The van der Waals surface area contributed by atoms with Crippen molar-refractivity contribution in [1.29, 1.82) is 0 Å². The highest BCUT2D eigenvalue weighted by molar-refractivity contribution is 14.0. The molecule has 1 aromatic carbocycles. The van der Waals surface area contributed by atoms with E-state index in [1.807, 2.05) is 7.05 Å². The normalized spacial score (nSPS) is 16.7. The molecular formula is C21H37IN4O. The molecule has 2 N–H and O–H groups in total. The summed E-state index contributed by atoms with van der Waals surface area (Å²) in [5, 5.41) is 6.90. The summed E-state index contributed by atoms with van der Waals surface area (Å²) in [6.45, 7) is 12.3. The van der Waals surface area contributed by atoms with Crippen LogP contribution < -0.4 is 10.6 Å². The maximum Gasteiger partial charge on any atom is 0.191 e. The average Bonchev–Trinajstić information content (AvgIpc) is 2.65. The van der Waals surface area contributed by atoms with Crippen LogP contribution in [0.2, 0.25) is 0 Å². The van der Waals surface area contributed by atoms with Crippen molar-refractivity contribution in [3.8, 4) is 0 Å². The Labute approximate surface area is 182 Å². The molecule has 0 amide bonds. The quantitative estimate of drug-likeness (QED) is 0.334. The van der Waals surface area contributed by atoms with E-state index in [-0.39, 0.29) is 24.0 Å². The molecule has 154 valence electrons. The van der Waals surface area contributed by atoms with Gasteiger partial charge in [-0.05, 0) is 36.8 Å². The number of hydrogen-bond donors (Lipinski definition) is 2. The molecule has 1 aliphatic heterocycles. The third kappa shape index (κ3) is 9.76. The van der Waals surface area contributed by atoms with E-state index in [1.165, 1.54) is 17.5 Å². The summed E-state index contributed by atoms with van der Waals surface area (Å²) < 4.78 is 5.41. The lowest BCUT2D eigenvalue weighted by atomic mass is 10.0. The second kappa shape index (κ2) is 13.3. The van der Waals surface area contributed by atoms with Crippen molar-refractivity contribution in [1.82, 2.24) is 15.5 Å². The summed E-state index contributed by atoms with van der Waals surface area (Å²) in [4.78, 5) is 6.79. The second-order valence-electron chi connectivity index (χ2n) is 7.65. The molecule has 0 aromatic heterocycles. The van der Waals surface area contributed by atoms with E-state index in [4.69, 9.17) is 4.74 Å². The number of rotatable bonds is 8. The zero-order valence-corrected chi connectivity index (χ0v) is 19.7. The fourth-order valence-electron chi connectivity index (χ4n) is 3.05. The maximum atomic E-state index is 5.41. The number of benzene rings is 1. The van der Waals surface area contributed by atoms with Crippen molar-refractivity contribution < 1.29 is 4.74 Å². The van der Waals surface area contributed by atoms with Crippen molar-refractivity contribution in [3.05, 3.63) is 35.4 Å². The number of nitrogens with one attached hydrogen (secondary N) is 2. The highest BCUT2D eigenvalue weighted by Gasteiger charge is 2.10. The van der Waals surface area contributed by atoms with Gasteiger partial charge >= 0.3 is 0 Å². The third-order valence-electron chi connectivity index (χ3n) is 4.78. The largest absolute Gasteiger partial charge is 0.379 e. The van der Waals surface area contributed by atoms with Crippen LogP contribution in [0.1, 0.15) is 44.7 Å². The lowest BCUT2D eigenvalue weighted by Crippen LogP contribution is -2.41. The van der Waals surface area contributed by atoms with Crippen molar-refractivity contribution in [2.75, 3.05) is 33.4 Å². The van der Waals surface area contributed by atoms with Crippen LogP contribution in [-0.4, -0.2) is 50.3 Å². The SMILES string of the molecule is CN=C(NCc1ccc(CN2CCOCC2)cc1)NC(C)CCC(C)C.I. The molecule has 0 radical (unpaired) electrons. The van der Waals surface area contributed by atoms with Gasteiger partial charge in [0.2, 0.25) is 0 Å². The summed E-state index contributed by atoms with van der Waals surface area (Å²) in [5.74, 6) is 1.61. The van der Waals surface area contributed by atoms with E-state index in [2.05, 4.69) is 65.6 Å². The van der Waals surface area contributed by atoms with Gasteiger partial charge < -0.3 is 15.4 Å². The molecule has 2 rings (SSSR count). The second-order valence-corrected chi connectivity index (χ2v) is 7.65. The molecular weight excluding hydrogens is 451 g/mol. The first-order chi connectivity index (χ1) is 12.6. The number of ether oxygens (including phenoxy) is 1. The minimum atomic E-state index is 0. The Morgan fingerprint density at radius 2 is 1.70 bits per heavy atom. The van der Waals surface area contributed by atoms with E-state index >= 15 is 0 Å². The van der Waals surface area contributed by atoms with Crippen LogP contribution in [0.15, 0.2) is 29.3 Å². The van der Waals surface area contributed by atoms with Crippen molar-refractivity contribution >= 4 is 29.9 Å². The summed E-state index contributed by atoms with van der Waals surface area (Å²) in [6.07, 6.45) is 2.39. The third-order valence-corrected chi connectivity index (χ3v) is 4.78. The molecule has 0 saturated carbocycles. The molecule has 0 spiro atoms. The van der Waals surface area contributed by atoms with E-state index in [9.17, 15) is 0 Å². The van der Waals surface area contributed by atoms with Gasteiger partial charge in [0, 0.05) is 39.3 Å². The van der Waals surface area contributed by atoms with Gasteiger partial charge in [-0.2, -0.15) is 0 Å². The minimum Gasteiger partial charge on any atom is -0.379 e. The predicted molar refractivity (Wildman–Crippen MR) is 125 cm³/mol. The van der Waals surface area contributed by atoms with E-state index in [0.717, 1.165) is 57.7 Å². The first kappa shape index (κ1) is 24.2. The number of guanidine groups is 1. The van der Waals surface area contributed by atoms with Crippen LogP contribution in [0.4, 0.5) is 0 Å². The molecule has 1 unspecified atom stereocenters. The van der Waals surface area contributed by atoms with Crippen LogP contribution in [0.3, 0.4) is 0 Å². The Balaban J connectivity index is 0.00000364. The molecule has 0 aliphatic carbocycles. The zero-order valence-electron chi connectivity index (χ0n) is 17.3. The van der Waals surface area contributed by atoms with Gasteiger partial charge in [0.1, 0.15) is 0 Å².